The SMILES string of the molecule is CCn1cc(CC2CC(=O)NC2=O)cn1. The molecule has 1 atom stereocenters. The maximum absolute atomic E-state index is 11.3. The van der Waals surface area contributed by atoms with E-state index in [2.05, 4.69) is 10.4 Å². The molecule has 1 aliphatic heterocycles. The normalized spacial score (nSPS) is 20.7. The molecule has 1 unspecified atom stereocenters. The zero-order chi connectivity index (χ0) is 10.8. The van der Waals surface area contributed by atoms with E-state index in [4.69, 9.17) is 0 Å². The summed E-state index contributed by atoms with van der Waals surface area (Å²) in [7, 11) is 0. The van der Waals surface area contributed by atoms with Gasteiger partial charge in [0.2, 0.25) is 11.8 Å². The van der Waals surface area contributed by atoms with Gasteiger partial charge in [-0.1, -0.05) is 0 Å². The molecule has 15 heavy (non-hydrogen) atoms. The molecule has 0 saturated carbocycles. The van der Waals surface area contributed by atoms with E-state index in [0.29, 0.717) is 12.8 Å². The lowest BCUT2D eigenvalue weighted by Gasteiger charge is -2.01. The highest BCUT2D eigenvalue weighted by Gasteiger charge is 2.30. The molecule has 0 aliphatic carbocycles. The van der Waals surface area contributed by atoms with E-state index in [1.807, 2.05) is 17.8 Å². The van der Waals surface area contributed by atoms with Crippen molar-refractivity contribution in [2.45, 2.75) is 26.3 Å². The Hall–Kier alpha value is -1.65. The third kappa shape index (κ3) is 2.06. The second-order valence-corrected chi connectivity index (χ2v) is 3.72. The minimum absolute atomic E-state index is 0.163. The van der Waals surface area contributed by atoms with Crippen molar-refractivity contribution < 1.29 is 9.59 Å². The average Bonchev–Trinajstić information content (AvgIpc) is 2.75. The fourth-order valence-corrected chi connectivity index (χ4v) is 1.74. The maximum atomic E-state index is 11.3. The summed E-state index contributed by atoms with van der Waals surface area (Å²) in [6.07, 6.45) is 4.56. The van der Waals surface area contributed by atoms with E-state index in [-0.39, 0.29) is 17.7 Å². The van der Waals surface area contributed by atoms with E-state index in [9.17, 15) is 9.59 Å². The van der Waals surface area contributed by atoms with Crippen LogP contribution in [0.4, 0.5) is 0 Å². The molecule has 5 heteroatoms. The zero-order valence-corrected chi connectivity index (χ0v) is 8.56. The quantitative estimate of drug-likeness (QED) is 0.715. The predicted octanol–water partition coefficient (Wildman–Crippen LogP) is 0.108. The standard InChI is InChI=1S/C10H13N3O2/c1-2-13-6-7(5-11-13)3-8-4-9(14)12-10(8)15/h5-6,8H,2-4H2,1H3,(H,12,14,15). The number of nitrogens with zero attached hydrogens (tertiary/aromatic N) is 2. The van der Waals surface area contributed by atoms with Gasteiger partial charge >= 0.3 is 0 Å². The third-order valence-corrected chi connectivity index (χ3v) is 2.56. The summed E-state index contributed by atoms with van der Waals surface area (Å²) >= 11 is 0. The molecule has 1 aliphatic rings. The number of imide groups is 1. The number of amides is 2. The van der Waals surface area contributed by atoms with E-state index >= 15 is 0 Å². The number of hydrogen-bond acceptors (Lipinski definition) is 3. The van der Waals surface area contributed by atoms with Crippen LogP contribution in [0.5, 0.6) is 0 Å². The molecule has 1 saturated heterocycles. The summed E-state index contributed by atoms with van der Waals surface area (Å²) in [4.78, 5) is 22.3. The van der Waals surface area contributed by atoms with E-state index in [1.165, 1.54) is 0 Å². The molecule has 2 amide bonds. The molecule has 0 bridgehead atoms. The fraction of sp³-hybridized carbons (Fsp3) is 0.500. The first-order valence-electron chi connectivity index (χ1n) is 5.04. The predicted molar refractivity (Wildman–Crippen MR) is 52.9 cm³/mol. The van der Waals surface area contributed by atoms with Crippen LogP contribution in [0.15, 0.2) is 12.4 Å². The van der Waals surface area contributed by atoms with Crippen LogP contribution in [-0.4, -0.2) is 21.6 Å². The molecule has 5 nitrogen and oxygen atoms in total. The molecular formula is C10H13N3O2. The van der Waals surface area contributed by atoms with Crippen LogP contribution in [0.1, 0.15) is 18.9 Å². The van der Waals surface area contributed by atoms with Crippen LogP contribution in [0.3, 0.4) is 0 Å². The number of hydrogen-bond donors (Lipinski definition) is 1. The third-order valence-electron chi connectivity index (χ3n) is 2.56. The van der Waals surface area contributed by atoms with Crippen LogP contribution in [-0.2, 0) is 22.6 Å². The van der Waals surface area contributed by atoms with Gasteiger partial charge in [-0.3, -0.25) is 19.6 Å². The van der Waals surface area contributed by atoms with Crippen LogP contribution in [0.25, 0.3) is 0 Å². The largest absolute Gasteiger partial charge is 0.296 e. The molecule has 0 spiro atoms. The lowest BCUT2D eigenvalue weighted by Crippen LogP contribution is -2.22. The lowest BCUT2D eigenvalue weighted by atomic mass is 10.0. The smallest absolute Gasteiger partial charge is 0.230 e. The number of carbonyl (C=O) groups is 2. The van der Waals surface area contributed by atoms with Crippen molar-refractivity contribution in [3.8, 4) is 0 Å². The topological polar surface area (TPSA) is 64.0 Å². The van der Waals surface area contributed by atoms with Gasteiger partial charge in [0.25, 0.3) is 0 Å². The Balaban J connectivity index is 2.02. The number of rotatable bonds is 3. The molecule has 2 heterocycles. The second kappa shape index (κ2) is 3.84. The van der Waals surface area contributed by atoms with Gasteiger partial charge in [0.15, 0.2) is 0 Å². The van der Waals surface area contributed by atoms with Gasteiger partial charge in [-0.2, -0.15) is 5.10 Å². The van der Waals surface area contributed by atoms with Crippen LogP contribution < -0.4 is 5.32 Å². The maximum Gasteiger partial charge on any atom is 0.230 e. The highest BCUT2D eigenvalue weighted by Crippen LogP contribution is 2.16. The molecule has 0 radical (unpaired) electrons. The lowest BCUT2D eigenvalue weighted by molar-refractivity contribution is -0.125. The first kappa shape index (κ1) is 9.89. The summed E-state index contributed by atoms with van der Waals surface area (Å²) in [5.74, 6) is -0.552. The van der Waals surface area contributed by atoms with Gasteiger partial charge in [0.05, 0.1) is 12.1 Å². The van der Waals surface area contributed by atoms with Crippen molar-refractivity contribution in [3.05, 3.63) is 18.0 Å². The van der Waals surface area contributed by atoms with Crippen LogP contribution in [0, 0.1) is 5.92 Å². The van der Waals surface area contributed by atoms with E-state index in [0.717, 1.165) is 12.1 Å². The fourth-order valence-electron chi connectivity index (χ4n) is 1.74. The first-order valence-corrected chi connectivity index (χ1v) is 5.04. The zero-order valence-electron chi connectivity index (χ0n) is 8.56. The van der Waals surface area contributed by atoms with Crippen LogP contribution >= 0.6 is 0 Å². The Labute approximate surface area is 87.5 Å². The average molecular weight is 207 g/mol. The highest BCUT2D eigenvalue weighted by molar-refractivity contribution is 6.03. The Bertz CT molecular complexity index is 397. The number of aryl methyl sites for hydroxylation is 1. The molecular weight excluding hydrogens is 194 g/mol. The van der Waals surface area contributed by atoms with Gasteiger partial charge < -0.3 is 0 Å². The van der Waals surface area contributed by atoms with Crippen molar-refractivity contribution in [3.63, 3.8) is 0 Å². The van der Waals surface area contributed by atoms with Gasteiger partial charge in [-0.05, 0) is 18.9 Å². The monoisotopic (exact) mass is 207 g/mol. The van der Waals surface area contributed by atoms with Crippen molar-refractivity contribution in [1.82, 2.24) is 15.1 Å². The summed E-state index contributed by atoms with van der Waals surface area (Å²) in [5.41, 5.74) is 1.01. The molecule has 1 aromatic heterocycles. The highest BCUT2D eigenvalue weighted by atomic mass is 16.2. The summed E-state index contributed by atoms with van der Waals surface area (Å²) in [6.45, 7) is 2.82. The molecule has 80 valence electrons. The number of carbonyl (C=O) groups excluding carboxylic acids is 2. The second-order valence-electron chi connectivity index (χ2n) is 3.72. The van der Waals surface area contributed by atoms with Crippen molar-refractivity contribution in [1.29, 1.82) is 0 Å². The van der Waals surface area contributed by atoms with Crippen molar-refractivity contribution >= 4 is 11.8 Å². The summed E-state index contributed by atoms with van der Waals surface area (Å²) in [6, 6.07) is 0. The van der Waals surface area contributed by atoms with Crippen molar-refractivity contribution in [2.24, 2.45) is 5.92 Å². The first-order chi connectivity index (χ1) is 7.19. The Morgan fingerprint density at radius 3 is 2.93 bits per heavy atom. The molecule has 1 N–H and O–H groups in total. The number of aromatic nitrogens is 2. The van der Waals surface area contributed by atoms with Gasteiger partial charge in [0, 0.05) is 19.2 Å². The minimum Gasteiger partial charge on any atom is -0.296 e. The molecule has 1 fully saturated rings. The molecule has 0 aromatic carbocycles. The Morgan fingerprint density at radius 1 is 1.60 bits per heavy atom. The van der Waals surface area contributed by atoms with Gasteiger partial charge in [-0.15, -0.1) is 0 Å². The Kier molecular flexibility index (Phi) is 2.53. The molecule has 1 aromatic rings. The van der Waals surface area contributed by atoms with Crippen molar-refractivity contribution in [2.75, 3.05) is 0 Å². The summed E-state index contributed by atoms with van der Waals surface area (Å²) in [5, 5.41) is 6.42. The van der Waals surface area contributed by atoms with E-state index < -0.39 is 0 Å². The number of nitrogens with one attached hydrogen (secondary N) is 1. The Morgan fingerprint density at radius 2 is 2.40 bits per heavy atom. The molecule has 2 rings (SSSR count). The van der Waals surface area contributed by atoms with Gasteiger partial charge in [-0.25, -0.2) is 0 Å². The van der Waals surface area contributed by atoms with Crippen LogP contribution in [0.2, 0.25) is 0 Å². The van der Waals surface area contributed by atoms with Gasteiger partial charge in [0.1, 0.15) is 0 Å². The minimum atomic E-state index is -0.216. The summed E-state index contributed by atoms with van der Waals surface area (Å²) < 4.78 is 1.81. The van der Waals surface area contributed by atoms with E-state index in [1.54, 1.807) is 6.20 Å².